The van der Waals surface area contributed by atoms with Gasteiger partial charge in [0.25, 0.3) is 5.91 Å². The van der Waals surface area contributed by atoms with Crippen molar-refractivity contribution >= 4 is 28.3 Å². The Morgan fingerprint density at radius 3 is 2.48 bits per heavy atom. The quantitative estimate of drug-likeness (QED) is 0.726. The van der Waals surface area contributed by atoms with E-state index in [0.717, 1.165) is 21.9 Å². The number of nitrogens with one attached hydrogen (secondary N) is 1. The van der Waals surface area contributed by atoms with E-state index in [1.807, 2.05) is 62.4 Å². The number of aryl methyl sites for hydroxylation is 2. The minimum absolute atomic E-state index is 0.324. The van der Waals surface area contributed by atoms with Gasteiger partial charge in [-0.3, -0.25) is 4.79 Å². The molecule has 0 saturated heterocycles. The lowest BCUT2D eigenvalue weighted by Gasteiger charge is -2.09. The molecular formula is C21H19NO3. The number of benzene rings is 3. The third-order valence-electron chi connectivity index (χ3n) is 4.13. The van der Waals surface area contributed by atoms with Crippen LogP contribution in [0.3, 0.4) is 0 Å². The highest BCUT2D eigenvalue weighted by atomic mass is 16.5. The molecule has 0 spiro atoms. The molecule has 1 amide bonds. The highest BCUT2D eigenvalue weighted by molar-refractivity contribution is 6.05. The number of rotatable bonds is 4. The number of hydrogen-bond donors (Lipinski definition) is 1. The van der Waals surface area contributed by atoms with Crippen molar-refractivity contribution in [3.05, 3.63) is 77.4 Å². The van der Waals surface area contributed by atoms with Crippen molar-refractivity contribution in [1.29, 1.82) is 0 Å². The molecule has 0 bridgehead atoms. The molecule has 1 N–H and O–H groups in total. The monoisotopic (exact) mass is 333 g/mol. The zero-order chi connectivity index (χ0) is 17.8. The summed E-state index contributed by atoms with van der Waals surface area (Å²) in [5.41, 5.74) is 3.39. The third-order valence-corrected chi connectivity index (χ3v) is 4.13. The van der Waals surface area contributed by atoms with Gasteiger partial charge in [0, 0.05) is 5.69 Å². The molecule has 0 aliphatic heterocycles. The summed E-state index contributed by atoms with van der Waals surface area (Å²) in [7, 11) is 0. The molecular weight excluding hydrogens is 314 g/mol. The molecule has 4 heteroatoms. The molecule has 0 fully saturated rings. The molecule has 3 aromatic rings. The minimum atomic E-state index is -0.507. The molecule has 0 radical (unpaired) electrons. The van der Waals surface area contributed by atoms with Crippen molar-refractivity contribution < 1.29 is 14.3 Å². The first-order chi connectivity index (χ1) is 12.0. The van der Waals surface area contributed by atoms with E-state index in [2.05, 4.69) is 5.32 Å². The zero-order valence-corrected chi connectivity index (χ0v) is 14.2. The van der Waals surface area contributed by atoms with Crippen LogP contribution < -0.4 is 5.32 Å². The molecule has 0 atom stereocenters. The number of hydrogen-bond acceptors (Lipinski definition) is 3. The van der Waals surface area contributed by atoms with Gasteiger partial charge in [0.15, 0.2) is 6.61 Å². The summed E-state index contributed by atoms with van der Waals surface area (Å²) < 4.78 is 5.17. The lowest BCUT2D eigenvalue weighted by Crippen LogP contribution is -2.21. The summed E-state index contributed by atoms with van der Waals surface area (Å²) in [5.74, 6) is -0.871. The van der Waals surface area contributed by atoms with E-state index in [1.165, 1.54) is 0 Å². The average Bonchev–Trinajstić information content (AvgIpc) is 2.62. The van der Waals surface area contributed by atoms with Crippen LogP contribution in [-0.4, -0.2) is 18.5 Å². The summed E-state index contributed by atoms with van der Waals surface area (Å²) >= 11 is 0. The normalized spacial score (nSPS) is 10.5. The van der Waals surface area contributed by atoms with Crippen LogP contribution in [0.5, 0.6) is 0 Å². The fourth-order valence-electron chi connectivity index (χ4n) is 2.63. The van der Waals surface area contributed by atoms with Gasteiger partial charge in [0.1, 0.15) is 0 Å². The maximum atomic E-state index is 12.3. The van der Waals surface area contributed by atoms with Crippen LogP contribution in [0.1, 0.15) is 21.5 Å². The number of anilines is 1. The minimum Gasteiger partial charge on any atom is -0.452 e. The van der Waals surface area contributed by atoms with Gasteiger partial charge in [-0.15, -0.1) is 0 Å². The van der Waals surface area contributed by atoms with Gasteiger partial charge in [-0.1, -0.05) is 42.5 Å². The van der Waals surface area contributed by atoms with E-state index in [1.54, 1.807) is 12.1 Å². The van der Waals surface area contributed by atoms with Crippen LogP contribution in [0.25, 0.3) is 10.8 Å². The fourth-order valence-corrected chi connectivity index (χ4v) is 2.63. The fraction of sp³-hybridized carbons (Fsp3) is 0.143. The van der Waals surface area contributed by atoms with Crippen LogP contribution in [0, 0.1) is 13.8 Å². The van der Waals surface area contributed by atoms with E-state index < -0.39 is 5.97 Å². The van der Waals surface area contributed by atoms with Gasteiger partial charge in [-0.25, -0.2) is 4.79 Å². The molecule has 0 unspecified atom stereocenters. The standard InChI is InChI=1S/C21H19NO3/c1-14-10-11-17(12-15(14)2)22-20(23)13-25-21(24)19-9-5-7-16-6-3-4-8-18(16)19/h3-12H,13H2,1-2H3,(H,22,23). The number of carbonyl (C=O) groups excluding carboxylic acids is 2. The van der Waals surface area contributed by atoms with Crippen LogP contribution in [0.4, 0.5) is 5.69 Å². The third kappa shape index (κ3) is 3.86. The predicted octanol–water partition coefficient (Wildman–Crippen LogP) is 4.25. The number of amides is 1. The number of carbonyl (C=O) groups is 2. The molecule has 0 aromatic heterocycles. The van der Waals surface area contributed by atoms with E-state index in [4.69, 9.17) is 4.74 Å². The van der Waals surface area contributed by atoms with Crippen LogP contribution >= 0.6 is 0 Å². The van der Waals surface area contributed by atoms with Crippen molar-refractivity contribution in [1.82, 2.24) is 0 Å². The predicted molar refractivity (Wildman–Crippen MR) is 98.8 cm³/mol. The summed E-state index contributed by atoms with van der Waals surface area (Å²) in [5, 5.41) is 4.50. The van der Waals surface area contributed by atoms with Gasteiger partial charge in [-0.05, 0) is 53.9 Å². The Morgan fingerprint density at radius 1 is 0.920 bits per heavy atom. The number of esters is 1. The van der Waals surface area contributed by atoms with Crippen molar-refractivity contribution in [2.75, 3.05) is 11.9 Å². The van der Waals surface area contributed by atoms with E-state index in [9.17, 15) is 9.59 Å². The van der Waals surface area contributed by atoms with Gasteiger partial charge < -0.3 is 10.1 Å². The molecule has 0 heterocycles. The summed E-state index contributed by atoms with van der Waals surface area (Å²) in [6.07, 6.45) is 0. The first kappa shape index (κ1) is 16.7. The van der Waals surface area contributed by atoms with Gasteiger partial charge in [-0.2, -0.15) is 0 Å². The van der Waals surface area contributed by atoms with E-state index in [0.29, 0.717) is 11.3 Å². The summed E-state index contributed by atoms with van der Waals surface area (Å²) in [6.45, 7) is 3.66. The lowest BCUT2D eigenvalue weighted by atomic mass is 10.1. The highest BCUT2D eigenvalue weighted by Gasteiger charge is 2.13. The summed E-state index contributed by atoms with van der Waals surface area (Å²) in [4.78, 5) is 24.3. The first-order valence-electron chi connectivity index (χ1n) is 8.06. The Bertz CT molecular complexity index is 942. The molecule has 3 rings (SSSR count). The molecule has 0 aliphatic carbocycles. The van der Waals surface area contributed by atoms with Crippen LogP contribution in [0.15, 0.2) is 60.7 Å². The smallest absolute Gasteiger partial charge is 0.339 e. The van der Waals surface area contributed by atoms with E-state index >= 15 is 0 Å². The number of fused-ring (bicyclic) bond motifs is 1. The molecule has 0 aliphatic rings. The maximum Gasteiger partial charge on any atom is 0.339 e. The molecule has 25 heavy (non-hydrogen) atoms. The van der Waals surface area contributed by atoms with Crippen molar-refractivity contribution in [2.45, 2.75) is 13.8 Å². The number of ether oxygens (including phenoxy) is 1. The topological polar surface area (TPSA) is 55.4 Å². The molecule has 126 valence electrons. The Balaban J connectivity index is 1.65. The lowest BCUT2D eigenvalue weighted by molar-refractivity contribution is -0.119. The first-order valence-corrected chi connectivity index (χ1v) is 8.06. The van der Waals surface area contributed by atoms with Crippen molar-refractivity contribution in [3.63, 3.8) is 0 Å². The second-order valence-corrected chi connectivity index (χ2v) is 5.95. The highest BCUT2D eigenvalue weighted by Crippen LogP contribution is 2.19. The summed E-state index contributed by atoms with van der Waals surface area (Å²) in [6, 6.07) is 18.7. The maximum absolute atomic E-state index is 12.3. The second-order valence-electron chi connectivity index (χ2n) is 5.95. The SMILES string of the molecule is Cc1ccc(NC(=O)COC(=O)c2cccc3ccccc23)cc1C. The van der Waals surface area contributed by atoms with Crippen LogP contribution in [-0.2, 0) is 9.53 Å². The Morgan fingerprint density at radius 2 is 1.68 bits per heavy atom. The van der Waals surface area contributed by atoms with Gasteiger partial charge in [0.2, 0.25) is 0 Å². The van der Waals surface area contributed by atoms with Gasteiger partial charge in [0.05, 0.1) is 5.56 Å². The molecule has 3 aromatic carbocycles. The van der Waals surface area contributed by atoms with E-state index in [-0.39, 0.29) is 12.5 Å². The Labute approximate surface area is 146 Å². The molecule has 0 saturated carbocycles. The Hall–Kier alpha value is -3.14. The Kier molecular flexibility index (Phi) is 4.80. The second kappa shape index (κ2) is 7.18. The zero-order valence-electron chi connectivity index (χ0n) is 14.2. The van der Waals surface area contributed by atoms with Crippen LogP contribution in [0.2, 0.25) is 0 Å². The van der Waals surface area contributed by atoms with Gasteiger partial charge >= 0.3 is 5.97 Å². The molecule has 4 nitrogen and oxygen atoms in total. The average molecular weight is 333 g/mol. The van der Waals surface area contributed by atoms with Crippen molar-refractivity contribution in [3.8, 4) is 0 Å². The largest absolute Gasteiger partial charge is 0.452 e. The van der Waals surface area contributed by atoms with Crippen molar-refractivity contribution in [2.24, 2.45) is 0 Å².